The zero-order valence-electron chi connectivity index (χ0n) is 11.9. The Morgan fingerprint density at radius 1 is 1.05 bits per heavy atom. The van der Waals surface area contributed by atoms with Gasteiger partial charge in [-0.15, -0.1) is 0 Å². The van der Waals surface area contributed by atoms with Gasteiger partial charge in [-0.1, -0.05) is 17.7 Å². The van der Waals surface area contributed by atoms with Crippen LogP contribution in [0, 0.1) is 6.92 Å². The highest BCUT2D eigenvalue weighted by molar-refractivity contribution is 5.55. The minimum Gasteiger partial charge on any atom is -0.488 e. The van der Waals surface area contributed by atoms with E-state index >= 15 is 0 Å². The fourth-order valence-corrected chi connectivity index (χ4v) is 2.80. The van der Waals surface area contributed by atoms with Crippen molar-refractivity contribution in [1.29, 1.82) is 0 Å². The highest BCUT2D eigenvalue weighted by atomic mass is 16.7. The average molecular weight is 283 g/mol. The molecule has 0 radical (unpaired) electrons. The van der Waals surface area contributed by atoms with Crippen molar-refractivity contribution in [2.75, 3.05) is 18.7 Å². The van der Waals surface area contributed by atoms with E-state index in [4.69, 9.17) is 14.2 Å². The molecule has 1 N–H and O–H groups in total. The second-order valence-corrected chi connectivity index (χ2v) is 5.50. The van der Waals surface area contributed by atoms with E-state index in [1.54, 1.807) is 0 Å². The van der Waals surface area contributed by atoms with Gasteiger partial charge in [-0.2, -0.15) is 0 Å². The van der Waals surface area contributed by atoms with E-state index in [0.717, 1.165) is 35.9 Å². The van der Waals surface area contributed by atoms with Gasteiger partial charge in [-0.05, 0) is 30.7 Å². The fourth-order valence-electron chi connectivity index (χ4n) is 2.80. The number of hydrogen-bond donors (Lipinski definition) is 1. The molecule has 0 aliphatic carbocycles. The summed E-state index contributed by atoms with van der Waals surface area (Å²) in [6.45, 7) is 3.19. The second kappa shape index (κ2) is 4.88. The third kappa shape index (κ3) is 2.37. The molecular weight excluding hydrogens is 266 g/mol. The standard InChI is InChI=1S/C17H17NO3/c1-11-2-4-15-12(6-11)7-14(21-15)9-18-13-3-5-16-17(8-13)20-10-19-16/h2-6,8,14,18H,7,9-10H2,1H3. The predicted octanol–water partition coefficient (Wildman–Crippen LogP) is 3.14. The van der Waals surface area contributed by atoms with Crippen LogP contribution >= 0.6 is 0 Å². The molecule has 1 unspecified atom stereocenters. The Morgan fingerprint density at radius 2 is 1.90 bits per heavy atom. The average Bonchev–Trinajstić information content (AvgIpc) is 3.09. The molecule has 0 fully saturated rings. The topological polar surface area (TPSA) is 39.7 Å². The molecule has 21 heavy (non-hydrogen) atoms. The first-order valence-corrected chi connectivity index (χ1v) is 7.18. The lowest BCUT2D eigenvalue weighted by Gasteiger charge is -2.13. The van der Waals surface area contributed by atoms with Crippen LogP contribution in [0.5, 0.6) is 17.2 Å². The van der Waals surface area contributed by atoms with Gasteiger partial charge in [0.15, 0.2) is 11.5 Å². The molecule has 4 nitrogen and oxygen atoms in total. The summed E-state index contributed by atoms with van der Waals surface area (Å²) in [5.41, 5.74) is 3.60. The number of aryl methyl sites for hydroxylation is 1. The molecule has 2 aromatic rings. The number of benzene rings is 2. The first-order chi connectivity index (χ1) is 10.3. The van der Waals surface area contributed by atoms with Gasteiger partial charge >= 0.3 is 0 Å². The van der Waals surface area contributed by atoms with Crippen molar-refractivity contribution in [3.8, 4) is 17.2 Å². The van der Waals surface area contributed by atoms with E-state index in [1.165, 1.54) is 11.1 Å². The van der Waals surface area contributed by atoms with Crippen LogP contribution in [-0.2, 0) is 6.42 Å². The van der Waals surface area contributed by atoms with E-state index in [-0.39, 0.29) is 6.10 Å². The van der Waals surface area contributed by atoms with Crippen LogP contribution in [0.15, 0.2) is 36.4 Å². The molecule has 0 saturated carbocycles. The monoisotopic (exact) mass is 283 g/mol. The molecule has 0 amide bonds. The summed E-state index contributed by atoms with van der Waals surface area (Å²) in [5.74, 6) is 2.62. The SMILES string of the molecule is Cc1ccc2c(c1)CC(CNc1ccc3c(c1)OCO3)O2. The minimum atomic E-state index is 0.173. The molecule has 0 aromatic heterocycles. The Bertz CT molecular complexity index is 684. The molecule has 2 aliphatic heterocycles. The van der Waals surface area contributed by atoms with Crippen molar-refractivity contribution in [2.24, 2.45) is 0 Å². The third-order valence-electron chi connectivity index (χ3n) is 3.86. The van der Waals surface area contributed by atoms with Crippen molar-refractivity contribution in [2.45, 2.75) is 19.4 Å². The number of ether oxygens (including phenoxy) is 3. The largest absolute Gasteiger partial charge is 0.488 e. The van der Waals surface area contributed by atoms with E-state index in [9.17, 15) is 0 Å². The zero-order chi connectivity index (χ0) is 14.2. The number of fused-ring (bicyclic) bond motifs is 2. The van der Waals surface area contributed by atoms with E-state index in [1.807, 2.05) is 18.2 Å². The van der Waals surface area contributed by atoms with Crippen LogP contribution in [0.3, 0.4) is 0 Å². The van der Waals surface area contributed by atoms with Gasteiger partial charge in [0.2, 0.25) is 6.79 Å². The maximum Gasteiger partial charge on any atom is 0.231 e. The maximum atomic E-state index is 5.96. The highest BCUT2D eigenvalue weighted by Crippen LogP contribution is 2.34. The Hall–Kier alpha value is -2.36. The van der Waals surface area contributed by atoms with Gasteiger partial charge < -0.3 is 19.5 Å². The quantitative estimate of drug-likeness (QED) is 0.939. The lowest BCUT2D eigenvalue weighted by molar-refractivity contribution is 0.174. The predicted molar refractivity (Wildman–Crippen MR) is 80.4 cm³/mol. The van der Waals surface area contributed by atoms with Crippen LogP contribution in [0.25, 0.3) is 0 Å². The molecule has 0 saturated heterocycles. The Morgan fingerprint density at radius 3 is 2.86 bits per heavy atom. The summed E-state index contributed by atoms with van der Waals surface area (Å²) in [7, 11) is 0. The molecule has 108 valence electrons. The summed E-state index contributed by atoms with van der Waals surface area (Å²) in [6, 6.07) is 12.3. The van der Waals surface area contributed by atoms with Gasteiger partial charge in [0.05, 0.1) is 6.54 Å². The smallest absolute Gasteiger partial charge is 0.231 e. The molecule has 0 bridgehead atoms. The number of anilines is 1. The van der Waals surface area contributed by atoms with Crippen LogP contribution in [-0.4, -0.2) is 19.4 Å². The van der Waals surface area contributed by atoms with E-state index in [0.29, 0.717) is 6.79 Å². The number of rotatable bonds is 3. The van der Waals surface area contributed by atoms with Crippen LogP contribution < -0.4 is 19.5 Å². The molecule has 1 atom stereocenters. The summed E-state index contributed by atoms with van der Waals surface area (Å²) in [5, 5.41) is 3.41. The lowest BCUT2D eigenvalue weighted by atomic mass is 10.1. The first kappa shape index (κ1) is 12.4. The van der Waals surface area contributed by atoms with Crippen molar-refractivity contribution < 1.29 is 14.2 Å². The van der Waals surface area contributed by atoms with Gasteiger partial charge in [-0.25, -0.2) is 0 Å². The van der Waals surface area contributed by atoms with E-state index < -0.39 is 0 Å². The van der Waals surface area contributed by atoms with Gasteiger partial charge in [0.1, 0.15) is 11.9 Å². The third-order valence-corrected chi connectivity index (χ3v) is 3.86. The van der Waals surface area contributed by atoms with Crippen molar-refractivity contribution in [3.05, 3.63) is 47.5 Å². The van der Waals surface area contributed by atoms with Crippen LogP contribution in [0.2, 0.25) is 0 Å². The van der Waals surface area contributed by atoms with Crippen LogP contribution in [0.1, 0.15) is 11.1 Å². The van der Waals surface area contributed by atoms with Crippen molar-refractivity contribution >= 4 is 5.69 Å². The molecule has 2 heterocycles. The van der Waals surface area contributed by atoms with E-state index in [2.05, 4.69) is 30.4 Å². The number of nitrogens with one attached hydrogen (secondary N) is 1. The first-order valence-electron chi connectivity index (χ1n) is 7.18. The Kier molecular flexibility index (Phi) is 2.88. The molecular formula is C17H17NO3. The zero-order valence-corrected chi connectivity index (χ0v) is 11.9. The Balaban J connectivity index is 1.40. The molecule has 4 rings (SSSR count). The minimum absolute atomic E-state index is 0.173. The van der Waals surface area contributed by atoms with Gasteiger partial charge in [0.25, 0.3) is 0 Å². The summed E-state index contributed by atoms with van der Waals surface area (Å²) >= 11 is 0. The van der Waals surface area contributed by atoms with Gasteiger partial charge in [0, 0.05) is 18.2 Å². The maximum absolute atomic E-state index is 5.96. The Labute approximate surface area is 123 Å². The summed E-state index contributed by atoms with van der Waals surface area (Å²) in [6.07, 6.45) is 1.13. The summed E-state index contributed by atoms with van der Waals surface area (Å²) in [4.78, 5) is 0. The normalized spacial score (nSPS) is 18.2. The number of hydrogen-bond acceptors (Lipinski definition) is 4. The van der Waals surface area contributed by atoms with Crippen LogP contribution in [0.4, 0.5) is 5.69 Å². The molecule has 2 aliphatic rings. The molecule has 2 aromatic carbocycles. The fraction of sp³-hybridized carbons (Fsp3) is 0.294. The molecule has 4 heteroatoms. The summed E-state index contributed by atoms with van der Waals surface area (Å²) < 4.78 is 16.6. The van der Waals surface area contributed by atoms with Crippen molar-refractivity contribution in [3.63, 3.8) is 0 Å². The van der Waals surface area contributed by atoms with Gasteiger partial charge in [-0.3, -0.25) is 0 Å². The highest BCUT2D eigenvalue weighted by Gasteiger charge is 2.22. The lowest BCUT2D eigenvalue weighted by Crippen LogP contribution is -2.23. The van der Waals surface area contributed by atoms with Crippen molar-refractivity contribution in [1.82, 2.24) is 0 Å². The molecule has 0 spiro atoms. The second-order valence-electron chi connectivity index (χ2n) is 5.50.